The van der Waals surface area contributed by atoms with Gasteiger partial charge in [-0.05, 0) is 30.5 Å². The van der Waals surface area contributed by atoms with Crippen LogP contribution in [0.2, 0.25) is 5.02 Å². The third-order valence-electron chi connectivity index (χ3n) is 4.08. The van der Waals surface area contributed by atoms with Gasteiger partial charge >= 0.3 is 0 Å². The minimum atomic E-state index is -3.15. The van der Waals surface area contributed by atoms with Gasteiger partial charge in [-0.25, -0.2) is 18.1 Å². The smallest absolute Gasteiger partial charge is 0.208 e. The van der Waals surface area contributed by atoms with E-state index in [4.69, 9.17) is 16.6 Å². The molecule has 7 heteroatoms. The number of nitrogens with zero attached hydrogens (tertiary/aromatic N) is 1. The first-order chi connectivity index (χ1) is 11.8. The van der Waals surface area contributed by atoms with Gasteiger partial charge in [0.1, 0.15) is 0 Å². The van der Waals surface area contributed by atoms with Crippen molar-refractivity contribution in [1.29, 1.82) is 0 Å². The molecule has 1 aromatic heterocycles. The average molecular weight is 411 g/mol. The van der Waals surface area contributed by atoms with Gasteiger partial charge in [-0.2, -0.15) is 0 Å². The number of aromatic nitrogens is 1. The molecule has 4 nitrogen and oxygen atoms in total. The highest BCUT2D eigenvalue weighted by atomic mass is 35.5. The molecule has 0 atom stereocenters. The van der Waals surface area contributed by atoms with Gasteiger partial charge < -0.3 is 0 Å². The SMILES string of the molecule is Cc1c(Cl)c(-c2ccc(CCNS(C)(=O)=O)cc2)nc2ccccc12.Cl. The zero-order chi connectivity index (χ0) is 18.0. The van der Waals surface area contributed by atoms with E-state index in [1.54, 1.807) is 0 Å². The summed E-state index contributed by atoms with van der Waals surface area (Å²) in [5.41, 5.74) is 4.69. The number of halogens is 2. The van der Waals surface area contributed by atoms with E-state index >= 15 is 0 Å². The molecule has 2 aromatic carbocycles. The summed E-state index contributed by atoms with van der Waals surface area (Å²) in [7, 11) is -3.15. The quantitative estimate of drug-likeness (QED) is 0.678. The topological polar surface area (TPSA) is 59.1 Å². The largest absolute Gasteiger partial charge is 0.246 e. The highest BCUT2D eigenvalue weighted by Gasteiger charge is 2.12. The van der Waals surface area contributed by atoms with Crippen LogP contribution in [0.4, 0.5) is 0 Å². The summed E-state index contributed by atoms with van der Waals surface area (Å²) < 4.78 is 24.7. The lowest BCUT2D eigenvalue weighted by Gasteiger charge is -2.11. The van der Waals surface area contributed by atoms with E-state index in [0.717, 1.165) is 39.5 Å². The molecule has 0 aliphatic rings. The molecule has 0 spiro atoms. The van der Waals surface area contributed by atoms with E-state index in [9.17, 15) is 8.42 Å². The number of rotatable bonds is 5. The van der Waals surface area contributed by atoms with Crippen LogP contribution in [-0.2, 0) is 16.4 Å². The number of sulfonamides is 1. The molecule has 1 N–H and O–H groups in total. The van der Waals surface area contributed by atoms with Gasteiger partial charge in [-0.15, -0.1) is 12.4 Å². The molecule has 0 aliphatic heterocycles. The Bertz CT molecular complexity index is 1020. The molecule has 138 valence electrons. The van der Waals surface area contributed by atoms with Crippen molar-refractivity contribution in [2.75, 3.05) is 12.8 Å². The second-order valence-corrected chi connectivity index (χ2v) is 8.24. The molecule has 0 saturated heterocycles. The van der Waals surface area contributed by atoms with Crippen LogP contribution < -0.4 is 4.72 Å². The Morgan fingerprint density at radius 3 is 2.38 bits per heavy atom. The van der Waals surface area contributed by atoms with Gasteiger partial charge in [0, 0.05) is 17.5 Å². The van der Waals surface area contributed by atoms with E-state index in [0.29, 0.717) is 18.0 Å². The highest BCUT2D eigenvalue weighted by Crippen LogP contribution is 2.33. The second-order valence-electron chi connectivity index (χ2n) is 6.03. The van der Waals surface area contributed by atoms with Crippen LogP contribution in [0.1, 0.15) is 11.1 Å². The van der Waals surface area contributed by atoms with Crippen molar-refractivity contribution in [3.63, 3.8) is 0 Å². The van der Waals surface area contributed by atoms with Crippen LogP contribution in [0.5, 0.6) is 0 Å². The molecule has 0 saturated carbocycles. The molecule has 0 bridgehead atoms. The van der Waals surface area contributed by atoms with E-state index < -0.39 is 10.0 Å². The summed E-state index contributed by atoms with van der Waals surface area (Å²) in [4.78, 5) is 4.71. The van der Waals surface area contributed by atoms with Crippen LogP contribution in [-0.4, -0.2) is 26.2 Å². The summed E-state index contributed by atoms with van der Waals surface area (Å²) in [5.74, 6) is 0. The minimum Gasteiger partial charge on any atom is -0.246 e. The van der Waals surface area contributed by atoms with Crippen molar-refractivity contribution >= 4 is 44.9 Å². The predicted molar refractivity (Wildman–Crippen MR) is 111 cm³/mol. The van der Waals surface area contributed by atoms with Gasteiger partial charge in [-0.1, -0.05) is 54.1 Å². The Hall–Kier alpha value is -1.66. The fourth-order valence-electron chi connectivity index (χ4n) is 2.75. The standard InChI is InChI=1S/C19H19ClN2O2S.ClH/c1-13-16-5-3-4-6-17(16)22-19(18(13)20)15-9-7-14(8-10-15)11-12-21-25(2,23)24;/h3-10,21H,11-12H2,1-2H3;1H. The van der Waals surface area contributed by atoms with E-state index in [-0.39, 0.29) is 12.4 Å². The zero-order valence-electron chi connectivity index (χ0n) is 14.5. The van der Waals surface area contributed by atoms with Crippen LogP contribution in [0.3, 0.4) is 0 Å². The van der Waals surface area contributed by atoms with Gasteiger partial charge in [0.25, 0.3) is 0 Å². The van der Waals surface area contributed by atoms with Crippen molar-refractivity contribution in [2.45, 2.75) is 13.3 Å². The zero-order valence-corrected chi connectivity index (χ0v) is 16.9. The maximum Gasteiger partial charge on any atom is 0.208 e. The van der Waals surface area contributed by atoms with Crippen molar-refractivity contribution in [3.8, 4) is 11.3 Å². The molecule has 26 heavy (non-hydrogen) atoms. The fraction of sp³-hybridized carbons (Fsp3) is 0.211. The van der Waals surface area contributed by atoms with Crippen molar-refractivity contribution < 1.29 is 8.42 Å². The van der Waals surface area contributed by atoms with Crippen molar-refractivity contribution in [1.82, 2.24) is 9.71 Å². The Morgan fingerprint density at radius 1 is 1.08 bits per heavy atom. The molecular formula is C19H20Cl2N2O2S. The predicted octanol–water partition coefficient (Wildman–Crippen LogP) is 4.38. The Balaban J connectivity index is 0.00000243. The number of pyridine rings is 1. The Morgan fingerprint density at radius 2 is 1.73 bits per heavy atom. The number of hydrogen-bond acceptors (Lipinski definition) is 3. The summed E-state index contributed by atoms with van der Waals surface area (Å²) in [6, 6.07) is 15.8. The lowest BCUT2D eigenvalue weighted by Crippen LogP contribution is -2.24. The first-order valence-corrected chi connectivity index (χ1v) is 10.2. The molecule has 0 amide bonds. The van der Waals surface area contributed by atoms with Crippen LogP contribution in [0, 0.1) is 6.92 Å². The van der Waals surface area contributed by atoms with E-state index in [1.165, 1.54) is 0 Å². The Kier molecular flexibility index (Phi) is 6.64. The fourth-order valence-corrected chi connectivity index (χ4v) is 3.48. The molecule has 1 heterocycles. The van der Waals surface area contributed by atoms with Crippen LogP contribution >= 0.6 is 24.0 Å². The monoisotopic (exact) mass is 410 g/mol. The average Bonchev–Trinajstić information content (AvgIpc) is 2.58. The summed E-state index contributed by atoms with van der Waals surface area (Å²) in [5, 5.41) is 1.71. The first-order valence-electron chi connectivity index (χ1n) is 7.94. The summed E-state index contributed by atoms with van der Waals surface area (Å²) >= 11 is 6.54. The minimum absolute atomic E-state index is 0. The third kappa shape index (κ3) is 4.74. The van der Waals surface area contributed by atoms with Gasteiger partial charge in [0.15, 0.2) is 0 Å². The first kappa shape index (κ1) is 20.6. The number of hydrogen-bond donors (Lipinski definition) is 1. The lowest BCUT2D eigenvalue weighted by molar-refractivity contribution is 0.588. The maximum atomic E-state index is 11.1. The van der Waals surface area contributed by atoms with E-state index in [1.807, 2.05) is 55.5 Å². The molecule has 0 unspecified atom stereocenters. The highest BCUT2D eigenvalue weighted by molar-refractivity contribution is 7.88. The van der Waals surface area contributed by atoms with Crippen molar-refractivity contribution in [3.05, 3.63) is 64.7 Å². The molecule has 3 rings (SSSR count). The normalized spacial score (nSPS) is 11.3. The summed E-state index contributed by atoms with van der Waals surface area (Å²) in [6.07, 6.45) is 1.79. The van der Waals surface area contributed by atoms with Gasteiger partial charge in [-0.3, -0.25) is 0 Å². The van der Waals surface area contributed by atoms with Crippen LogP contribution in [0.15, 0.2) is 48.5 Å². The third-order valence-corrected chi connectivity index (χ3v) is 5.27. The van der Waals surface area contributed by atoms with Gasteiger partial charge in [0.05, 0.1) is 22.5 Å². The number of fused-ring (bicyclic) bond motifs is 1. The number of para-hydroxylation sites is 1. The van der Waals surface area contributed by atoms with Crippen LogP contribution in [0.25, 0.3) is 22.2 Å². The molecular weight excluding hydrogens is 391 g/mol. The van der Waals surface area contributed by atoms with Crippen molar-refractivity contribution in [2.24, 2.45) is 0 Å². The molecule has 0 aliphatic carbocycles. The molecule has 0 fully saturated rings. The number of benzene rings is 2. The molecule has 0 radical (unpaired) electrons. The molecule has 3 aromatic rings. The second kappa shape index (κ2) is 8.35. The maximum absolute atomic E-state index is 11.1. The summed E-state index contributed by atoms with van der Waals surface area (Å²) in [6.45, 7) is 2.38. The number of aryl methyl sites for hydroxylation is 1. The van der Waals surface area contributed by atoms with Gasteiger partial charge in [0.2, 0.25) is 10.0 Å². The van der Waals surface area contributed by atoms with E-state index in [2.05, 4.69) is 4.72 Å². The lowest BCUT2D eigenvalue weighted by atomic mass is 10.0. The Labute approximate surface area is 165 Å². The number of nitrogens with one attached hydrogen (secondary N) is 1.